The molecule has 0 spiro atoms. The van der Waals surface area contributed by atoms with Gasteiger partial charge in [0.05, 0.1) is 17.2 Å². The Morgan fingerprint density at radius 2 is 1.81 bits per heavy atom. The molecule has 0 aliphatic heterocycles. The second-order valence-corrected chi connectivity index (χ2v) is 4.71. The maximum atomic E-state index is 8.77. The molecule has 0 aliphatic rings. The minimum absolute atomic E-state index is 0.444. The molecule has 0 heterocycles. The molecule has 0 saturated carbocycles. The second kappa shape index (κ2) is 8.00. The highest BCUT2D eigenvalue weighted by Gasteiger charge is 2.01. The van der Waals surface area contributed by atoms with Crippen LogP contribution in [0.3, 0.4) is 0 Å². The van der Waals surface area contributed by atoms with Crippen molar-refractivity contribution in [2.75, 3.05) is 5.88 Å². The van der Waals surface area contributed by atoms with E-state index in [1.807, 2.05) is 36.4 Å². The molecule has 0 radical (unpaired) electrons. The Morgan fingerprint density at radius 1 is 1.05 bits per heavy atom. The molecule has 0 unspecified atom stereocenters. The van der Waals surface area contributed by atoms with Gasteiger partial charge in [-0.25, -0.2) is 0 Å². The molecule has 21 heavy (non-hydrogen) atoms. The summed E-state index contributed by atoms with van der Waals surface area (Å²) < 4.78 is 5.81. The van der Waals surface area contributed by atoms with Gasteiger partial charge in [0.15, 0.2) is 0 Å². The summed E-state index contributed by atoms with van der Waals surface area (Å²) in [6.07, 6.45) is 0.658. The number of alkyl halides is 1. The van der Waals surface area contributed by atoms with Gasteiger partial charge in [-0.3, -0.25) is 0 Å². The lowest BCUT2D eigenvalue weighted by molar-refractivity contribution is 0.305. The van der Waals surface area contributed by atoms with E-state index in [1.165, 1.54) is 0 Å². The lowest BCUT2D eigenvalue weighted by Crippen LogP contribution is -1.97. The molecule has 0 N–H and O–H groups in total. The number of rotatable bonds is 4. The van der Waals surface area contributed by atoms with Gasteiger partial charge < -0.3 is 4.74 Å². The highest BCUT2D eigenvalue weighted by Crippen LogP contribution is 2.18. The third-order valence-corrected chi connectivity index (χ3v) is 3.00. The SMILES string of the molecule is N#Cc1ccc(COc2ccccc2C#CCCCl)cc1. The van der Waals surface area contributed by atoms with Crippen molar-refractivity contribution < 1.29 is 4.74 Å². The quantitative estimate of drug-likeness (QED) is 0.628. The molecule has 2 rings (SSSR count). The molecule has 0 atom stereocenters. The van der Waals surface area contributed by atoms with Crippen molar-refractivity contribution in [3.8, 4) is 23.7 Å². The van der Waals surface area contributed by atoms with E-state index < -0.39 is 0 Å². The van der Waals surface area contributed by atoms with Crippen molar-refractivity contribution in [3.05, 3.63) is 65.2 Å². The smallest absolute Gasteiger partial charge is 0.135 e. The standard InChI is InChI=1S/C18H14ClNO/c19-12-4-3-6-17-5-1-2-7-18(17)21-14-16-10-8-15(13-20)9-11-16/h1-2,5,7-11H,4,12,14H2. The van der Waals surface area contributed by atoms with E-state index in [-0.39, 0.29) is 0 Å². The fourth-order valence-electron chi connectivity index (χ4n) is 1.74. The van der Waals surface area contributed by atoms with Gasteiger partial charge in [0.2, 0.25) is 0 Å². The molecule has 3 heteroatoms. The van der Waals surface area contributed by atoms with Crippen molar-refractivity contribution in [2.24, 2.45) is 0 Å². The van der Waals surface area contributed by atoms with Crippen LogP contribution in [0.5, 0.6) is 5.75 Å². The molecule has 0 aliphatic carbocycles. The number of para-hydroxylation sites is 1. The Bertz CT molecular complexity index is 690. The van der Waals surface area contributed by atoms with Gasteiger partial charge in [0.1, 0.15) is 12.4 Å². The van der Waals surface area contributed by atoms with E-state index in [4.69, 9.17) is 21.6 Å². The van der Waals surface area contributed by atoms with E-state index in [9.17, 15) is 0 Å². The van der Waals surface area contributed by atoms with Gasteiger partial charge in [-0.15, -0.1) is 11.6 Å². The maximum Gasteiger partial charge on any atom is 0.135 e. The molecule has 0 saturated heterocycles. The van der Waals surface area contributed by atoms with E-state index in [2.05, 4.69) is 17.9 Å². The molecule has 2 nitrogen and oxygen atoms in total. The highest BCUT2D eigenvalue weighted by atomic mass is 35.5. The molecule has 2 aromatic carbocycles. The van der Waals surface area contributed by atoms with Crippen molar-refractivity contribution in [2.45, 2.75) is 13.0 Å². The summed E-state index contributed by atoms with van der Waals surface area (Å²) in [7, 11) is 0. The fourth-order valence-corrected chi connectivity index (χ4v) is 1.83. The minimum Gasteiger partial charge on any atom is -0.488 e. The van der Waals surface area contributed by atoms with Crippen LogP contribution in [0.4, 0.5) is 0 Å². The van der Waals surface area contributed by atoms with Crippen LogP contribution in [0.2, 0.25) is 0 Å². The molecule has 0 bridgehead atoms. The van der Waals surface area contributed by atoms with Gasteiger partial charge in [0, 0.05) is 12.3 Å². The van der Waals surface area contributed by atoms with Crippen LogP contribution in [-0.2, 0) is 6.61 Å². The summed E-state index contributed by atoms with van der Waals surface area (Å²) in [5.41, 5.74) is 2.51. The first-order valence-electron chi connectivity index (χ1n) is 6.59. The zero-order chi connectivity index (χ0) is 14.9. The third kappa shape index (κ3) is 4.56. The Labute approximate surface area is 129 Å². The zero-order valence-electron chi connectivity index (χ0n) is 11.5. The first kappa shape index (κ1) is 15.0. The largest absolute Gasteiger partial charge is 0.488 e. The molecular weight excluding hydrogens is 282 g/mol. The predicted molar refractivity (Wildman–Crippen MR) is 84.1 cm³/mol. The van der Waals surface area contributed by atoms with Crippen LogP contribution < -0.4 is 4.74 Å². The molecule has 0 amide bonds. The van der Waals surface area contributed by atoms with E-state index in [0.29, 0.717) is 24.5 Å². The summed E-state index contributed by atoms with van der Waals surface area (Å²) in [4.78, 5) is 0. The van der Waals surface area contributed by atoms with Gasteiger partial charge in [-0.1, -0.05) is 36.1 Å². The number of hydrogen-bond acceptors (Lipinski definition) is 2. The monoisotopic (exact) mass is 295 g/mol. The zero-order valence-corrected chi connectivity index (χ0v) is 12.2. The number of halogens is 1. The van der Waals surface area contributed by atoms with Crippen molar-refractivity contribution in [1.29, 1.82) is 5.26 Å². The van der Waals surface area contributed by atoms with Gasteiger partial charge in [0.25, 0.3) is 0 Å². The summed E-state index contributed by atoms with van der Waals surface area (Å²) in [6.45, 7) is 0.444. The van der Waals surface area contributed by atoms with Gasteiger partial charge in [-0.2, -0.15) is 5.26 Å². The third-order valence-electron chi connectivity index (χ3n) is 2.81. The number of benzene rings is 2. The Morgan fingerprint density at radius 3 is 2.52 bits per heavy atom. The average Bonchev–Trinajstić information content (AvgIpc) is 2.54. The summed E-state index contributed by atoms with van der Waals surface area (Å²) in [6, 6.07) is 17.1. The van der Waals surface area contributed by atoms with Crippen molar-refractivity contribution in [3.63, 3.8) is 0 Å². The number of ether oxygens (including phenoxy) is 1. The highest BCUT2D eigenvalue weighted by molar-refractivity contribution is 6.18. The Kier molecular flexibility index (Phi) is 5.71. The van der Waals surface area contributed by atoms with Crippen LogP contribution in [0.15, 0.2) is 48.5 Å². The van der Waals surface area contributed by atoms with Crippen molar-refractivity contribution in [1.82, 2.24) is 0 Å². The summed E-state index contributed by atoms with van der Waals surface area (Å²) in [5.74, 6) is 7.36. The molecule has 0 fully saturated rings. The minimum atomic E-state index is 0.444. The second-order valence-electron chi connectivity index (χ2n) is 4.33. The number of nitriles is 1. The first-order chi connectivity index (χ1) is 10.3. The lowest BCUT2D eigenvalue weighted by atomic mass is 10.1. The van der Waals surface area contributed by atoms with E-state index in [1.54, 1.807) is 12.1 Å². The Hall–Kier alpha value is -2.42. The van der Waals surface area contributed by atoms with Crippen LogP contribution >= 0.6 is 11.6 Å². The molecule has 2 aromatic rings. The van der Waals surface area contributed by atoms with Crippen LogP contribution in [0.25, 0.3) is 0 Å². The van der Waals surface area contributed by atoms with Gasteiger partial charge in [-0.05, 0) is 29.8 Å². The van der Waals surface area contributed by atoms with Crippen molar-refractivity contribution >= 4 is 11.6 Å². The Balaban J connectivity index is 2.06. The van der Waals surface area contributed by atoms with E-state index in [0.717, 1.165) is 16.9 Å². The van der Waals surface area contributed by atoms with Crippen LogP contribution in [0, 0.1) is 23.2 Å². The molecular formula is C18H14ClNO. The predicted octanol–water partition coefficient (Wildman–Crippen LogP) is 4.12. The maximum absolute atomic E-state index is 8.77. The average molecular weight is 296 g/mol. The fraction of sp³-hybridized carbons (Fsp3) is 0.167. The van der Waals surface area contributed by atoms with Gasteiger partial charge >= 0.3 is 0 Å². The summed E-state index contributed by atoms with van der Waals surface area (Å²) in [5, 5.41) is 8.77. The normalized spacial score (nSPS) is 9.33. The number of hydrogen-bond donors (Lipinski definition) is 0. The topological polar surface area (TPSA) is 33.0 Å². The first-order valence-corrected chi connectivity index (χ1v) is 7.12. The van der Waals surface area contributed by atoms with Crippen LogP contribution in [-0.4, -0.2) is 5.88 Å². The molecule has 104 valence electrons. The van der Waals surface area contributed by atoms with E-state index >= 15 is 0 Å². The lowest BCUT2D eigenvalue weighted by Gasteiger charge is -2.08. The summed E-state index contributed by atoms with van der Waals surface area (Å²) >= 11 is 5.62. The number of nitrogens with zero attached hydrogens (tertiary/aromatic N) is 1. The molecule has 0 aromatic heterocycles. The van der Waals surface area contributed by atoms with Crippen LogP contribution in [0.1, 0.15) is 23.1 Å².